The van der Waals surface area contributed by atoms with Crippen LogP contribution in [0.4, 0.5) is 5.13 Å². The first-order valence-electron chi connectivity index (χ1n) is 7.84. The van der Waals surface area contributed by atoms with Crippen LogP contribution in [-0.2, 0) is 5.75 Å². The molecule has 0 radical (unpaired) electrons. The van der Waals surface area contributed by atoms with Gasteiger partial charge in [-0.1, -0.05) is 59.0 Å². The van der Waals surface area contributed by atoms with Gasteiger partial charge in [-0.25, -0.2) is 0 Å². The van der Waals surface area contributed by atoms with Gasteiger partial charge in [0.1, 0.15) is 17.1 Å². The van der Waals surface area contributed by atoms with Crippen LogP contribution in [0.1, 0.15) is 15.9 Å². The third kappa shape index (κ3) is 4.71. The molecule has 3 rings (SSSR count). The van der Waals surface area contributed by atoms with Gasteiger partial charge in [-0.3, -0.25) is 10.1 Å². The number of benzene rings is 2. The fourth-order valence-electron chi connectivity index (χ4n) is 2.31. The normalized spacial score (nSPS) is 10.5. The van der Waals surface area contributed by atoms with Crippen LogP contribution in [0.5, 0.6) is 11.5 Å². The molecule has 2 aromatic carbocycles. The second kappa shape index (κ2) is 9.07. The Bertz CT molecular complexity index is 927. The van der Waals surface area contributed by atoms with E-state index in [9.17, 15) is 4.79 Å². The van der Waals surface area contributed by atoms with E-state index in [-0.39, 0.29) is 5.91 Å². The fraction of sp³-hybridized carbons (Fsp3) is 0.167. The van der Waals surface area contributed by atoms with Crippen molar-refractivity contribution in [3.63, 3.8) is 0 Å². The van der Waals surface area contributed by atoms with Gasteiger partial charge in [0.05, 0.1) is 14.2 Å². The van der Waals surface area contributed by atoms with Crippen molar-refractivity contribution in [1.82, 2.24) is 10.2 Å². The number of anilines is 1. The maximum absolute atomic E-state index is 12.7. The van der Waals surface area contributed by atoms with Crippen LogP contribution in [0.25, 0.3) is 0 Å². The Morgan fingerprint density at radius 1 is 1.11 bits per heavy atom. The summed E-state index contributed by atoms with van der Waals surface area (Å²) >= 11 is 8.96. The van der Waals surface area contributed by atoms with Crippen molar-refractivity contribution < 1.29 is 14.3 Å². The van der Waals surface area contributed by atoms with Gasteiger partial charge in [0.2, 0.25) is 5.13 Å². The summed E-state index contributed by atoms with van der Waals surface area (Å²) in [6.07, 6.45) is 0. The van der Waals surface area contributed by atoms with Crippen LogP contribution in [0, 0.1) is 0 Å². The first-order chi connectivity index (χ1) is 13.1. The van der Waals surface area contributed by atoms with E-state index in [1.54, 1.807) is 18.2 Å². The Hall–Kier alpha value is -2.29. The number of thioether (sulfide) groups is 1. The van der Waals surface area contributed by atoms with Gasteiger partial charge in [0.15, 0.2) is 4.34 Å². The summed E-state index contributed by atoms with van der Waals surface area (Å²) in [5, 5.41) is 12.0. The summed E-state index contributed by atoms with van der Waals surface area (Å²) in [6, 6.07) is 12.8. The summed E-state index contributed by atoms with van der Waals surface area (Å²) in [5.74, 6) is 1.14. The zero-order valence-electron chi connectivity index (χ0n) is 14.6. The van der Waals surface area contributed by atoms with E-state index in [0.29, 0.717) is 33.0 Å². The van der Waals surface area contributed by atoms with E-state index in [0.717, 1.165) is 9.90 Å². The average Bonchev–Trinajstić information content (AvgIpc) is 3.13. The van der Waals surface area contributed by atoms with Crippen LogP contribution in [0.2, 0.25) is 5.02 Å². The third-order valence-corrected chi connectivity index (χ3v) is 5.98. The summed E-state index contributed by atoms with van der Waals surface area (Å²) in [5.41, 5.74) is 1.33. The fourth-order valence-corrected chi connectivity index (χ4v) is 4.34. The highest BCUT2D eigenvalue weighted by molar-refractivity contribution is 8.00. The van der Waals surface area contributed by atoms with Gasteiger partial charge >= 0.3 is 0 Å². The monoisotopic (exact) mass is 421 g/mol. The van der Waals surface area contributed by atoms with E-state index >= 15 is 0 Å². The van der Waals surface area contributed by atoms with Gasteiger partial charge in [-0.15, -0.1) is 10.2 Å². The second-order valence-corrected chi connectivity index (χ2v) is 7.85. The number of nitrogens with zero attached hydrogens (tertiary/aromatic N) is 2. The molecule has 3 aromatic rings. The number of ether oxygens (including phenoxy) is 2. The molecule has 0 aliphatic rings. The Morgan fingerprint density at radius 3 is 2.48 bits per heavy atom. The number of hydrogen-bond donors (Lipinski definition) is 1. The lowest BCUT2D eigenvalue weighted by molar-refractivity contribution is 0.102. The van der Waals surface area contributed by atoms with Crippen LogP contribution < -0.4 is 14.8 Å². The zero-order chi connectivity index (χ0) is 19.2. The summed E-state index contributed by atoms with van der Waals surface area (Å²) in [6.45, 7) is 0. The molecule has 0 fully saturated rings. The van der Waals surface area contributed by atoms with Crippen LogP contribution in [-0.4, -0.2) is 30.3 Å². The van der Waals surface area contributed by atoms with E-state index in [1.165, 1.54) is 37.3 Å². The Morgan fingerprint density at radius 2 is 1.81 bits per heavy atom. The molecule has 0 bridgehead atoms. The van der Waals surface area contributed by atoms with Crippen molar-refractivity contribution in [2.24, 2.45) is 0 Å². The molecule has 0 unspecified atom stereocenters. The summed E-state index contributed by atoms with van der Waals surface area (Å²) in [4.78, 5) is 12.7. The topological polar surface area (TPSA) is 73.3 Å². The minimum Gasteiger partial charge on any atom is -0.496 e. The van der Waals surface area contributed by atoms with E-state index < -0.39 is 0 Å². The van der Waals surface area contributed by atoms with Crippen molar-refractivity contribution in [3.8, 4) is 11.5 Å². The molecule has 27 heavy (non-hydrogen) atoms. The molecule has 1 N–H and O–H groups in total. The Balaban J connectivity index is 1.69. The van der Waals surface area contributed by atoms with Crippen molar-refractivity contribution in [1.29, 1.82) is 0 Å². The maximum Gasteiger partial charge on any atom is 0.265 e. The number of hydrogen-bond acceptors (Lipinski definition) is 7. The standard InChI is InChI=1S/C18H16ClN3O3S2/c1-24-13-8-5-9-14(25-2)15(13)16(23)20-17-21-22-18(27-17)26-10-11-6-3-4-7-12(11)19/h3-9H,10H2,1-2H3,(H,20,21,23). The van der Waals surface area contributed by atoms with Gasteiger partial charge in [-0.2, -0.15) is 0 Å². The Labute approximate surface area is 169 Å². The molecule has 140 valence electrons. The summed E-state index contributed by atoms with van der Waals surface area (Å²) < 4.78 is 11.3. The van der Waals surface area contributed by atoms with Crippen molar-refractivity contribution >= 4 is 45.7 Å². The number of carbonyl (C=O) groups excluding carboxylic acids is 1. The molecule has 0 aliphatic carbocycles. The number of aromatic nitrogens is 2. The number of carbonyl (C=O) groups is 1. The second-order valence-electron chi connectivity index (χ2n) is 5.24. The molecule has 1 aromatic heterocycles. The minimum absolute atomic E-state index is 0.308. The number of methoxy groups -OCH3 is 2. The van der Waals surface area contributed by atoms with Gasteiger partial charge in [0, 0.05) is 10.8 Å². The number of amides is 1. The van der Waals surface area contributed by atoms with Crippen LogP contribution in [0.15, 0.2) is 46.8 Å². The van der Waals surface area contributed by atoms with Gasteiger partial charge < -0.3 is 9.47 Å². The molecule has 0 saturated carbocycles. The highest BCUT2D eigenvalue weighted by Crippen LogP contribution is 2.32. The zero-order valence-corrected chi connectivity index (χ0v) is 17.0. The quantitative estimate of drug-likeness (QED) is 0.438. The van der Waals surface area contributed by atoms with E-state index in [2.05, 4.69) is 15.5 Å². The number of nitrogens with one attached hydrogen (secondary N) is 1. The SMILES string of the molecule is COc1cccc(OC)c1C(=O)Nc1nnc(SCc2ccccc2Cl)s1. The third-order valence-electron chi connectivity index (χ3n) is 3.59. The Kier molecular flexibility index (Phi) is 6.54. The molecule has 0 saturated heterocycles. The first kappa shape index (κ1) is 19.5. The molecule has 9 heteroatoms. The lowest BCUT2D eigenvalue weighted by atomic mass is 10.1. The molecule has 6 nitrogen and oxygen atoms in total. The van der Waals surface area contributed by atoms with Crippen LogP contribution >= 0.6 is 34.7 Å². The number of rotatable bonds is 7. The first-order valence-corrected chi connectivity index (χ1v) is 10.0. The predicted octanol–water partition coefficient (Wildman–Crippen LogP) is 4.75. The molecule has 1 amide bonds. The lowest BCUT2D eigenvalue weighted by Gasteiger charge is -2.11. The van der Waals surface area contributed by atoms with Crippen molar-refractivity contribution in [3.05, 3.63) is 58.6 Å². The van der Waals surface area contributed by atoms with Gasteiger partial charge in [-0.05, 0) is 23.8 Å². The summed E-state index contributed by atoms with van der Waals surface area (Å²) in [7, 11) is 3.00. The van der Waals surface area contributed by atoms with Gasteiger partial charge in [0.25, 0.3) is 5.91 Å². The highest BCUT2D eigenvalue weighted by Gasteiger charge is 2.19. The smallest absolute Gasteiger partial charge is 0.265 e. The highest BCUT2D eigenvalue weighted by atomic mass is 35.5. The average molecular weight is 422 g/mol. The molecular formula is C18H16ClN3O3S2. The molecular weight excluding hydrogens is 406 g/mol. The van der Waals surface area contributed by atoms with E-state index in [1.807, 2.05) is 24.3 Å². The van der Waals surface area contributed by atoms with Crippen molar-refractivity contribution in [2.45, 2.75) is 10.1 Å². The lowest BCUT2D eigenvalue weighted by Crippen LogP contribution is -2.14. The molecule has 0 atom stereocenters. The molecule has 0 spiro atoms. The largest absolute Gasteiger partial charge is 0.496 e. The number of halogens is 1. The minimum atomic E-state index is -0.372. The predicted molar refractivity (Wildman–Crippen MR) is 108 cm³/mol. The molecule has 1 heterocycles. The van der Waals surface area contributed by atoms with Crippen molar-refractivity contribution in [2.75, 3.05) is 19.5 Å². The van der Waals surface area contributed by atoms with E-state index in [4.69, 9.17) is 21.1 Å². The molecule has 0 aliphatic heterocycles. The van der Waals surface area contributed by atoms with Crippen LogP contribution in [0.3, 0.4) is 0 Å². The maximum atomic E-state index is 12.7.